The number of rotatable bonds is 1. The molecule has 7 heavy (non-hydrogen) atoms. The van der Waals surface area contributed by atoms with E-state index in [1.54, 1.807) is 0 Å². The van der Waals surface area contributed by atoms with Crippen molar-refractivity contribution in [2.75, 3.05) is 5.33 Å². The highest BCUT2D eigenvalue weighted by Crippen LogP contribution is 2.64. The van der Waals surface area contributed by atoms with E-state index < -0.39 is 0 Å². The van der Waals surface area contributed by atoms with Gasteiger partial charge in [-0.15, -0.1) is 0 Å². The third kappa shape index (κ3) is 0.381. The Morgan fingerprint density at radius 1 is 1.43 bits per heavy atom. The second-order valence-electron chi connectivity index (χ2n) is 3.11. The molecule has 0 nitrogen and oxygen atoms in total. The molecule has 2 bridgehead atoms. The zero-order valence-electron chi connectivity index (χ0n) is 4.28. The van der Waals surface area contributed by atoms with Gasteiger partial charge in [-0.2, -0.15) is 0 Å². The van der Waals surface area contributed by atoms with Crippen LogP contribution in [0.3, 0.4) is 0 Å². The van der Waals surface area contributed by atoms with Crippen molar-refractivity contribution in [1.82, 2.24) is 0 Å². The topological polar surface area (TPSA) is 0 Å². The highest BCUT2D eigenvalue weighted by atomic mass is 79.9. The Morgan fingerprint density at radius 3 is 2.00 bits per heavy atom. The SMILES string of the molecule is BrCC12CC(C1)C2. The van der Waals surface area contributed by atoms with Crippen LogP contribution in [0, 0.1) is 11.3 Å². The molecule has 0 aromatic heterocycles. The third-order valence-corrected chi connectivity index (χ3v) is 3.64. The molecule has 0 unspecified atom stereocenters. The van der Waals surface area contributed by atoms with Crippen LogP contribution in [0.5, 0.6) is 0 Å². The fourth-order valence-electron chi connectivity index (χ4n) is 1.82. The molecule has 0 atom stereocenters. The van der Waals surface area contributed by atoms with Gasteiger partial charge in [0.25, 0.3) is 0 Å². The molecule has 0 aliphatic heterocycles. The van der Waals surface area contributed by atoms with Crippen LogP contribution in [-0.2, 0) is 0 Å². The molecule has 3 aliphatic carbocycles. The van der Waals surface area contributed by atoms with E-state index in [4.69, 9.17) is 0 Å². The molecule has 0 N–H and O–H groups in total. The van der Waals surface area contributed by atoms with Crippen molar-refractivity contribution in [2.24, 2.45) is 11.3 Å². The van der Waals surface area contributed by atoms with Crippen LogP contribution in [0.15, 0.2) is 0 Å². The number of hydrogen-bond donors (Lipinski definition) is 0. The molecule has 0 aromatic carbocycles. The molecule has 3 rings (SSSR count). The van der Waals surface area contributed by atoms with Crippen LogP contribution in [-0.4, -0.2) is 5.33 Å². The van der Waals surface area contributed by atoms with E-state index in [1.165, 1.54) is 24.6 Å². The molecule has 0 amide bonds. The molecule has 0 heterocycles. The minimum atomic E-state index is 0.824. The van der Waals surface area contributed by atoms with Crippen LogP contribution in [0.4, 0.5) is 0 Å². The second kappa shape index (κ2) is 1.07. The molecule has 0 radical (unpaired) electrons. The molecule has 0 saturated heterocycles. The first-order valence-electron chi connectivity index (χ1n) is 2.91. The van der Waals surface area contributed by atoms with Gasteiger partial charge in [-0.3, -0.25) is 0 Å². The van der Waals surface area contributed by atoms with Crippen LogP contribution in [0.1, 0.15) is 19.3 Å². The van der Waals surface area contributed by atoms with Crippen molar-refractivity contribution in [3.8, 4) is 0 Å². The molecule has 3 saturated carbocycles. The molecule has 0 spiro atoms. The highest BCUT2D eigenvalue weighted by Gasteiger charge is 2.55. The molecule has 0 aromatic rings. The summed E-state index contributed by atoms with van der Waals surface area (Å²) >= 11 is 3.52. The van der Waals surface area contributed by atoms with Gasteiger partial charge >= 0.3 is 0 Å². The van der Waals surface area contributed by atoms with Gasteiger partial charge in [0.1, 0.15) is 0 Å². The minimum absolute atomic E-state index is 0.824. The number of halogens is 1. The summed E-state index contributed by atoms with van der Waals surface area (Å²) in [6.07, 6.45) is 4.58. The molecule has 3 fully saturated rings. The summed E-state index contributed by atoms with van der Waals surface area (Å²) in [5, 5.41) is 1.26. The normalized spacial score (nSPS) is 55.3. The minimum Gasteiger partial charge on any atom is -0.0922 e. The average molecular weight is 161 g/mol. The summed E-state index contributed by atoms with van der Waals surface area (Å²) in [4.78, 5) is 0. The van der Waals surface area contributed by atoms with Gasteiger partial charge < -0.3 is 0 Å². The maximum atomic E-state index is 3.52. The Morgan fingerprint density at radius 2 is 2.00 bits per heavy atom. The number of hydrogen-bond acceptors (Lipinski definition) is 0. The molecular weight excluding hydrogens is 152 g/mol. The predicted octanol–water partition coefficient (Wildman–Crippen LogP) is 2.18. The summed E-state index contributed by atoms with van der Waals surface area (Å²) in [6.45, 7) is 0. The lowest BCUT2D eigenvalue weighted by atomic mass is 9.45. The summed E-state index contributed by atoms with van der Waals surface area (Å²) in [5.41, 5.74) is 0.824. The quantitative estimate of drug-likeness (QED) is 0.517. The van der Waals surface area contributed by atoms with Gasteiger partial charge in [-0.1, -0.05) is 15.9 Å². The Balaban J connectivity index is 2.03. The fraction of sp³-hybridized carbons (Fsp3) is 1.00. The Bertz CT molecular complexity index is 75.3. The van der Waals surface area contributed by atoms with E-state index in [9.17, 15) is 0 Å². The van der Waals surface area contributed by atoms with E-state index in [1.807, 2.05) is 0 Å². The predicted molar refractivity (Wildman–Crippen MR) is 33.6 cm³/mol. The lowest BCUT2D eigenvalue weighted by Crippen LogP contribution is -2.52. The Labute approximate surface area is 52.4 Å². The van der Waals surface area contributed by atoms with Crippen molar-refractivity contribution >= 4 is 15.9 Å². The molecule has 40 valence electrons. The zero-order chi connectivity index (χ0) is 4.91. The monoisotopic (exact) mass is 160 g/mol. The maximum absolute atomic E-state index is 3.52. The van der Waals surface area contributed by atoms with Crippen molar-refractivity contribution in [3.63, 3.8) is 0 Å². The summed E-state index contributed by atoms with van der Waals surface area (Å²) < 4.78 is 0. The summed E-state index contributed by atoms with van der Waals surface area (Å²) in [6, 6.07) is 0. The first kappa shape index (κ1) is 4.37. The van der Waals surface area contributed by atoms with E-state index in [2.05, 4.69) is 15.9 Å². The first-order valence-corrected chi connectivity index (χ1v) is 4.03. The fourth-order valence-corrected chi connectivity index (χ4v) is 2.51. The van der Waals surface area contributed by atoms with E-state index >= 15 is 0 Å². The van der Waals surface area contributed by atoms with Crippen LogP contribution in [0.25, 0.3) is 0 Å². The molecule has 1 heteroatoms. The van der Waals surface area contributed by atoms with Gasteiger partial charge in [0.15, 0.2) is 0 Å². The zero-order valence-corrected chi connectivity index (χ0v) is 5.87. The largest absolute Gasteiger partial charge is 0.0922 e. The lowest BCUT2D eigenvalue weighted by Gasteiger charge is -2.61. The molecular formula is C6H9Br. The van der Waals surface area contributed by atoms with Crippen LogP contribution in [0.2, 0.25) is 0 Å². The first-order chi connectivity index (χ1) is 3.35. The van der Waals surface area contributed by atoms with Crippen LogP contribution >= 0.6 is 15.9 Å². The van der Waals surface area contributed by atoms with Gasteiger partial charge in [-0.05, 0) is 30.6 Å². The van der Waals surface area contributed by atoms with E-state index in [-0.39, 0.29) is 0 Å². The lowest BCUT2D eigenvalue weighted by molar-refractivity contribution is -0.0824. The second-order valence-corrected chi connectivity index (χ2v) is 3.67. The van der Waals surface area contributed by atoms with Crippen molar-refractivity contribution < 1.29 is 0 Å². The number of alkyl halides is 1. The average Bonchev–Trinajstić information content (AvgIpc) is 1.25. The maximum Gasteiger partial charge on any atom is 0.00882 e. The Kier molecular flexibility index (Phi) is 0.668. The highest BCUT2D eigenvalue weighted by molar-refractivity contribution is 9.09. The smallest absolute Gasteiger partial charge is 0.00882 e. The summed E-state index contributed by atoms with van der Waals surface area (Å²) in [7, 11) is 0. The van der Waals surface area contributed by atoms with Gasteiger partial charge in [0, 0.05) is 5.33 Å². The molecule has 3 aliphatic rings. The van der Waals surface area contributed by atoms with Crippen LogP contribution < -0.4 is 0 Å². The van der Waals surface area contributed by atoms with Gasteiger partial charge in [0.05, 0.1) is 0 Å². The standard InChI is InChI=1S/C6H9Br/c7-4-6-1-5(2-6)3-6/h5H,1-4H2. The van der Waals surface area contributed by atoms with E-state index in [0.29, 0.717) is 0 Å². The van der Waals surface area contributed by atoms with E-state index in [0.717, 1.165) is 11.3 Å². The van der Waals surface area contributed by atoms with Crippen molar-refractivity contribution in [2.45, 2.75) is 19.3 Å². The van der Waals surface area contributed by atoms with Gasteiger partial charge in [0.2, 0.25) is 0 Å². The van der Waals surface area contributed by atoms with Crippen molar-refractivity contribution in [3.05, 3.63) is 0 Å². The van der Waals surface area contributed by atoms with Crippen molar-refractivity contribution in [1.29, 1.82) is 0 Å². The third-order valence-electron chi connectivity index (χ3n) is 2.45. The summed E-state index contributed by atoms with van der Waals surface area (Å²) in [5.74, 6) is 1.15. The van der Waals surface area contributed by atoms with Gasteiger partial charge in [-0.25, -0.2) is 0 Å². The Hall–Kier alpha value is 0.480.